The highest BCUT2D eigenvalue weighted by molar-refractivity contribution is 5.49. The van der Waals surface area contributed by atoms with Crippen LogP contribution in [0.25, 0.3) is 0 Å². The summed E-state index contributed by atoms with van der Waals surface area (Å²) in [5, 5.41) is 0. The van der Waals surface area contributed by atoms with Gasteiger partial charge in [-0.3, -0.25) is 0 Å². The van der Waals surface area contributed by atoms with Crippen molar-refractivity contribution in [2.75, 3.05) is 11.4 Å². The van der Waals surface area contributed by atoms with Gasteiger partial charge in [-0.15, -0.1) is 0 Å². The fourth-order valence-corrected chi connectivity index (χ4v) is 2.07. The molecular weight excluding hydrogens is 217 g/mol. The molecule has 1 aromatic rings. The fraction of sp³-hybridized carbons (Fsp3) is 0.615. The van der Waals surface area contributed by atoms with Crippen LogP contribution in [0.4, 0.5) is 10.2 Å². The van der Waals surface area contributed by atoms with Crippen LogP contribution >= 0.6 is 0 Å². The van der Waals surface area contributed by atoms with Crippen molar-refractivity contribution < 1.29 is 4.39 Å². The van der Waals surface area contributed by atoms with Crippen LogP contribution in [0.1, 0.15) is 32.3 Å². The maximum atomic E-state index is 13.1. The molecule has 1 aliphatic rings. The van der Waals surface area contributed by atoms with Crippen LogP contribution in [0.5, 0.6) is 0 Å². The third kappa shape index (κ3) is 2.94. The Hall–Kier alpha value is -1.16. The van der Waals surface area contributed by atoms with Crippen molar-refractivity contribution in [1.29, 1.82) is 0 Å². The molecule has 0 spiro atoms. The van der Waals surface area contributed by atoms with Gasteiger partial charge in [0.2, 0.25) is 0 Å². The number of aromatic nitrogens is 1. The number of anilines is 1. The number of nitrogens with zero attached hydrogens (tertiary/aromatic N) is 2. The highest BCUT2D eigenvalue weighted by Crippen LogP contribution is 2.33. The molecule has 1 saturated carbocycles. The van der Waals surface area contributed by atoms with E-state index in [1.807, 2.05) is 0 Å². The molecule has 0 aliphatic heterocycles. The largest absolute Gasteiger partial charge is 0.353 e. The first-order chi connectivity index (χ1) is 8.11. The highest BCUT2D eigenvalue weighted by Gasteiger charge is 2.31. The lowest BCUT2D eigenvalue weighted by atomic mass is 10.1. The summed E-state index contributed by atoms with van der Waals surface area (Å²) in [5.41, 5.74) is 6.48. The zero-order valence-corrected chi connectivity index (χ0v) is 10.5. The van der Waals surface area contributed by atoms with Crippen molar-refractivity contribution in [3.05, 3.63) is 23.6 Å². The first-order valence-electron chi connectivity index (χ1n) is 6.23. The lowest BCUT2D eigenvalue weighted by Gasteiger charge is -2.27. The van der Waals surface area contributed by atoms with Crippen molar-refractivity contribution in [3.63, 3.8) is 0 Å². The molecule has 2 N–H and O–H groups in total. The average molecular weight is 237 g/mol. The Morgan fingerprint density at radius 1 is 1.53 bits per heavy atom. The molecule has 0 aromatic carbocycles. The van der Waals surface area contributed by atoms with Gasteiger partial charge in [-0.2, -0.15) is 0 Å². The number of halogens is 1. The van der Waals surface area contributed by atoms with E-state index in [0.717, 1.165) is 17.9 Å². The Labute approximate surface area is 102 Å². The van der Waals surface area contributed by atoms with Gasteiger partial charge >= 0.3 is 0 Å². The quantitative estimate of drug-likeness (QED) is 0.854. The average Bonchev–Trinajstić information content (AvgIpc) is 3.09. The Kier molecular flexibility index (Phi) is 3.62. The Morgan fingerprint density at radius 3 is 2.76 bits per heavy atom. The minimum atomic E-state index is -0.311. The van der Waals surface area contributed by atoms with Gasteiger partial charge in [0.15, 0.2) is 0 Å². The van der Waals surface area contributed by atoms with Crippen LogP contribution in [0.2, 0.25) is 0 Å². The third-order valence-corrected chi connectivity index (χ3v) is 2.95. The van der Waals surface area contributed by atoms with Gasteiger partial charge in [0.05, 0.1) is 6.20 Å². The van der Waals surface area contributed by atoms with Crippen molar-refractivity contribution in [2.24, 2.45) is 11.7 Å². The van der Waals surface area contributed by atoms with Crippen LogP contribution in [0, 0.1) is 11.7 Å². The summed E-state index contributed by atoms with van der Waals surface area (Å²) in [6.07, 6.45) is 3.69. The van der Waals surface area contributed by atoms with E-state index in [0.29, 0.717) is 18.5 Å². The first kappa shape index (κ1) is 12.3. The smallest absolute Gasteiger partial charge is 0.141 e. The second kappa shape index (κ2) is 5.00. The Bertz CT molecular complexity index is 388. The van der Waals surface area contributed by atoms with Gasteiger partial charge in [0.25, 0.3) is 0 Å². The molecule has 3 nitrogen and oxygen atoms in total. The Balaban J connectivity index is 2.28. The molecule has 17 heavy (non-hydrogen) atoms. The molecule has 1 fully saturated rings. The molecule has 0 radical (unpaired) electrons. The van der Waals surface area contributed by atoms with Crippen LogP contribution in [-0.4, -0.2) is 17.6 Å². The van der Waals surface area contributed by atoms with Gasteiger partial charge in [-0.1, -0.05) is 13.8 Å². The van der Waals surface area contributed by atoms with Crippen molar-refractivity contribution in [3.8, 4) is 0 Å². The van der Waals surface area contributed by atoms with E-state index in [1.165, 1.54) is 25.1 Å². The summed E-state index contributed by atoms with van der Waals surface area (Å²) in [6, 6.07) is 2.07. The predicted molar refractivity (Wildman–Crippen MR) is 67.3 cm³/mol. The van der Waals surface area contributed by atoms with Crippen LogP contribution in [0.3, 0.4) is 0 Å². The molecule has 0 saturated heterocycles. The van der Waals surface area contributed by atoms with E-state index < -0.39 is 0 Å². The lowest BCUT2D eigenvalue weighted by Crippen LogP contribution is -2.32. The van der Waals surface area contributed by atoms with Crippen molar-refractivity contribution in [2.45, 2.75) is 39.3 Å². The number of hydrogen-bond donors (Lipinski definition) is 1. The van der Waals surface area contributed by atoms with Crippen LogP contribution < -0.4 is 10.6 Å². The molecule has 1 aromatic heterocycles. The molecule has 1 aliphatic carbocycles. The zero-order valence-electron chi connectivity index (χ0n) is 10.5. The van der Waals surface area contributed by atoms with E-state index in [9.17, 15) is 4.39 Å². The van der Waals surface area contributed by atoms with E-state index >= 15 is 0 Å². The summed E-state index contributed by atoms with van der Waals surface area (Å²) >= 11 is 0. The number of nitrogens with two attached hydrogens (primary N) is 1. The summed E-state index contributed by atoms with van der Waals surface area (Å²) < 4.78 is 13.1. The van der Waals surface area contributed by atoms with Gasteiger partial charge < -0.3 is 10.6 Å². The summed E-state index contributed by atoms with van der Waals surface area (Å²) in [4.78, 5) is 6.52. The van der Waals surface area contributed by atoms with Gasteiger partial charge in [-0.25, -0.2) is 9.37 Å². The van der Waals surface area contributed by atoms with E-state index in [2.05, 4.69) is 23.7 Å². The second-order valence-corrected chi connectivity index (χ2v) is 5.12. The van der Waals surface area contributed by atoms with Gasteiger partial charge in [0, 0.05) is 24.7 Å². The monoisotopic (exact) mass is 237 g/mol. The van der Waals surface area contributed by atoms with Crippen LogP contribution in [-0.2, 0) is 6.54 Å². The summed E-state index contributed by atoms with van der Waals surface area (Å²) in [6.45, 7) is 5.65. The second-order valence-electron chi connectivity index (χ2n) is 5.12. The zero-order chi connectivity index (χ0) is 12.4. The van der Waals surface area contributed by atoms with Crippen molar-refractivity contribution >= 4 is 5.82 Å². The first-order valence-corrected chi connectivity index (χ1v) is 6.23. The molecule has 0 atom stereocenters. The standard InChI is InChI=1S/C13H20FN3/c1-9(2)8-17(12-3-4-12)13-10(6-15)5-11(14)7-16-13/h5,7,9,12H,3-4,6,8,15H2,1-2H3. The third-order valence-electron chi connectivity index (χ3n) is 2.95. The van der Waals surface area contributed by atoms with Gasteiger partial charge in [-0.05, 0) is 24.8 Å². The maximum absolute atomic E-state index is 13.1. The van der Waals surface area contributed by atoms with E-state index in [4.69, 9.17) is 5.73 Å². The molecule has 0 bridgehead atoms. The molecule has 2 rings (SSSR count). The minimum Gasteiger partial charge on any atom is -0.353 e. The molecule has 0 amide bonds. The lowest BCUT2D eigenvalue weighted by molar-refractivity contribution is 0.592. The molecule has 4 heteroatoms. The summed E-state index contributed by atoms with van der Waals surface area (Å²) in [5.74, 6) is 1.12. The Morgan fingerprint density at radius 2 is 2.24 bits per heavy atom. The fourth-order valence-electron chi connectivity index (χ4n) is 2.07. The SMILES string of the molecule is CC(C)CN(c1ncc(F)cc1CN)C1CC1. The molecule has 1 heterocycles. The molecular formula is C13H20FN3. The minimum absolute atomic E-state index is 0.311. The number of hydrogen-bond acceptors (Lipinski definition) is 3. The molecule has 94 valence electrons. The van der Waals surface area contributed by atoms with Gasteiger partial charge in [0.1, 0.15) is 11.6 Å². The van der Waals surface area contributed by atoms with E-state index in [1.54, 1.807) is 0 Å². The normalized spacial score (nSPS) is 15.4. The van der Waals surface area contributed by atoms with E-state index in [-0.39, 0.29) is 5.82 Å². The molecule has 0 unspecified atom stereocenters. The summed E-state index contributed by atoms with van der Waals surface area (Å²) in [7, 11) is 0. The predicted octanol–water partition coefficient (Wildman–Crippen LogP) is 2.30. The highest BCUT2D eigenvalue weighted by atomic mass is 19.1. The number of pyridine rings is 1. The van der Waals surface area contributed by atoms with Crippen molar-refractivity contribution in [1.82, 2.24) is 4.98 Å². The van der Waals surface area contributed by atoms with Crippen LogP contribution in [0.15, 0.2) is 12.3 Å². The number of rotatable bonds is 5. The maximum Gasteiger partial charge on any atom is 0.141 e. The topological polar surface area (TPSA) is 42.2 Å².